The van der Waals surface area contributed by atoms with Crippen LogP contribution in [0, 0.1) is 11.3 Å². The Bertz CT molecular complexity index is 936. The quantitative estimate of drug-likeness (QED) is 0.376. The van der Waals surface area contributed by atoms with E-state index in [0.717, 1.165) is 18.4 Å². The second-order valence-corrected chi connectivity index (χ2v) is 11.9. The third-order valence-electron chi connectivity index (χ3n) is 6.22. The van der Waals surface area contributed by atoms with Gasteiger partial charge in [0.2, 0.25) is 5.91 Å². The zero-order valence-electron chi connectivity index (χ0n) is 24.5. The lowest BCUT2D eigenvalue weighted by Crippen LogP contribution is -2.62. The van der Waals surface area contributed by atoms with Crippen LogP contribution in [-0.2, 0) is 24.0 Å². The topological polar surface area (TPSA) is 114 Å². The molecule has 1 fully saturated rings. The van der Waals surface area contributed by atoms with Gasteiger partial charge in [-0.25, -0.2) is 20.3 Å². The first-order valence-electron chi connectivity index (χ1n) is 14.1. The molecule has 0 bridgehead atoms. The molecule has 2 rings (SSSR count). The Hall–Kier alpha value is -2.75. The fourth-order valence-corrected chi connectivity index (χ4v) is 4.16. The summed E-state index contributed by atoms with van der Waals surface area (Å²) in [4.78, 5) is 46.5. The molecule has 1 unspecified atom stereocenters. The molecule has 1 aliphatic rings. The molecule has 0 aromatic heterocycles. The van der Waals surface area contributed by atoms with Crippen molar-refractivity contribution in [2.45, 2.75) is 98.4 Å². The average molecular weight is 545 g/mol. The summed E-state index contributed by atoms with van der Waals surface area (Å²) in [6.45, 7) is 12.3. The van der Waals surface area contributed by atoms with Crippen LogP contribution in [0.5, 0.6) is 0 Å². The number of nitrogens with zero attached hydrogens (tertiary/aromatic N) is 2. The number of carbonyl (C=O) groups excluding carboxylic acids is 3. The highest BCUT2D eigenvalue weighted by Crippen LogP contribution is 2.23. The lowest BCUT2D eigenvalue weighted by atomic mass is 9.96. The summed E-state index contributed by atoms with van der Waals surface area (Å²) in [5.41, 5.74) is 9.16. The number of hydrazine groups is 1. The molecule has 1 heterocycles. The van der Waals surface area contributed by atoms with E-state index in [4.69, 9.17) is 15.3 Å². The SMILES string of the molecule is CC(C)CCC(=O)N([C@@H](CC=Cc1ccccc1)C(=O)NOC1CCCCO1)N(CC(C)(C)C)C(=O)[C@@H](C)N. The summed E-state index contributed by atoms with van der Waals surface area (Å²) in [6, 6.07) is 7.78. The molecule has 1 saturated heterocycles. The second-order valence-electron chi connectivity index (χ2n) is 11.9. The van der Waals surface area contributed by atoms with Gasteiger partial charge in [0.1, 0.15) is 6.04 Å². The van der Waals surface area contributed by atoms with E-state index in [2.05, 4.69) is 5.48 Å². The van der Waals surface area contributed by atoms with Gasteiger partial charge in [0, 0.05) is 26.0 Å². The number of nitrogens with two attached hydrogens (primary N) is 1. The minimum atomic E-state index is -1.04. The van der Waals surface area contributed by atoms with E-state index < -0.39 is 30.2 Å². The largest absolute Gasteiger partial charge is 0.350 e. The third-order valence-corrected chi connectivity index (χ3v) is 6.22. The lowest BCUT2D eigenvalue weighted by Gasteiger charge is -2.43. The number of hydroxylamine groups is 1. The van der Waals surface area contributed by atoms with Crippen molar-refractivity contribution in [3.63, 3.8) is 0 Å². The zero-order chi connectivity index (χ0) is 29.0. The average Bonchev–Trinajstić information content (AvgIpc) is 2.89. The molecule has 0 spiro atoms. The predicted octanol–water partition coefficient (Wildman–Crippen LogP) is 4.43. The molecule has 3 atom stereocenters. The molecular formula is C30H48N4O5. The summed E-state index contributed by atoms with van der Waals surface area (Å²) in [7, 11) is 0. The van der Waals surface area contributed by atoms with Crippen LogP contribution < -0.4 is 11.2 Å². The minimum Gasteiger partial charge on any atom is -0.350 e. The first-order valence-corrected chi connectivity index (χ1v) is 14.1. The molecule has 3 N–H and O–H groups in total. The van der Waals surface area contributed by atoms with Gasteiger partial charge in [0.25, 0.3) is 11.8 Å². The van der Waals surface area contributed by atoms with Gasteiger partial charge in [-0.15, -0.1) is 0 Å². The molecule has 1 aromatic rings. The van der Waals surface area contributed by atoms with Crippen LogP contribution in [0.15, 0.2) is 36.4 Å². The smallest absolute Gasteiger partial charge is 0.268 e. The lowest BCUT2D eigenvalue weighted by molar-refractivity contribution is -0.206. The van der Waals surface area contributed by atoms with Crippen molar-refractivity contribution in [2.75, 3.05) is 13.2 Å². The Balaban J connectivity index is 2.46. The van der Waals surface area contributed by atoms with Crippen LogP contribution in [0.1, 0.15) is 85.6 Å². The Morgan fingerprint density at radius 2 is 1.85 bits per heavy atom. The van der Waals surface area contributed by atoms with Crippen molar-refractivity contribution < 1.29 is 24.0 Å². The molecule has 1 aliphatic heterocycles. The number of hydrogen-bond acceptors (Lipinski definition) is 6. The maximum atomic E-state index is 13.8. The molecule has 218 valence electrons. The Morgan fingerprint density at radius 3 is 2.41 bits per heavy atom. The van der Waals surface area contributed by atoms with Crippen LogP contribution in [0.3, 0.4) is 0 Å². The van der Waals surface area contributed by atoms with Crippen molar-refractivity contribution in [2.24, 2.45) is 17.1 Å². The molecular weight excluding hydrogens is 496 g/mol. The van der Waals surface area contributed by atoms with Gasteiger partial charge < -0.3 is 10.5 Å². The van der Waals surface area contributed by atoms with Gasteiger partial charge in [-0.05, 0) is 49.5 Å². The highest BCUT2D eigenvalue weighted by atomic mass is 16.8. The number of ether oxygens (including phenoxy) is 1. The molecule has 0 aliphatic carbocycles. The molecule has 1 aromatic carbocycles. The number of hydrogen-bond donors (Lipinski definition) is 2. The van der Waals surface area contributed by atoms with Crippen molar-refractivity contribution in [1.29, 1.82) is 0 Å². The Labute approximate surface area is 234 Å². The van der Waals surface area contributed by atoms with Crippen LogP contribution in [-0.4, -0.2) is 59.3 Å². The fraction of sp³-hybridized carbons (Fsp3) is 0.633. The van der Waals surface area contributed by atoms with Gasteiger partial charge in [-0.3, -0.25) is 14.4 Å². The normalized spacial score (nSPS) is 17.6. The van der Waals surface area contributed by atoms with Crippen molar-refractivity contribution in [3.05, 3.63) is 42.0 Å². The van der Waals surface area contributed by atoms with Gasteiger partial charge >= 0.3 is 0 Å². The molecule has 0 saturated carbocycles. The molecule has 9 nitrogen and oxygen atoms in total. The van der Waals surface area contributed by atoms with Gasteiger partial charge in [0.05, 0.1) is 6.04 Å². The summed E-state index contributed by atoms with van der Waals surface area (Å²) in [6.07, 6.45) is 6.69. The Kier molecular flexibility index (Phi) is 13.1. The fourth-order valence-electron chi connectivity index (χ4n) is 4.16. The van der Waals surface area contributed by atoms with E-state index >= 15 is 0 Å². The van der Waals surface area contributed by atoms with Crippen LogP contribution >= 0.6 is 0 Å². The first-order chi connectivity index (χ1) is 18.4. The third kappa shape index (κ3) is 11.5. The number of rotatable bonds is 12. The highest BCUT2D eigenvalue weighted by Gasteiger charge is 2.39. The molecule has 39 heavy (non-hydrogen) atoms. The first kappa shape index (κ1) is 32.5. The summed E-state index contributed by atoms with van der Waals surface area (Å²) in [5.74, 6) is -1.00. The van der Waals surface area contributed by atoms with Crippen LogP contribution in [0.2, 0.25) is 0 Å². The Morgan fingerprint density at radius 1 is 1.15 bits per heavy atom. The molecule has 0 radical (unpaired) electrons. The summed E-state index contributed by atoms with van der Waals surface area (Å²) >= 11 is 0. The van der Waals surface area contributed by atoms with Crippen molar-refractivity contribution in [3.8, 4) is 0 Å². The summed E-state index contributed by atoms with van der Waals surface area (Å²) < 4.78 is 5.59. The summed E-state index contributed by atoms with van der Waals surface area (Å²) in [5, 5.41) is 2.68. The minimum absolute atomic E-state index is 0.163. The monoisotopic (exact) mass is 544 g/mol. The standard InChI is InChI=1S/C30H48N4O5/c1-22(2)18-19-26(35)34(33(21-30(4,5)6)29(37)23(3)31)25(16-12-15-24-13-8-7-9-14-24)28(36)32-39-27-17-10-11-20-38-27/h7-9,12-15,22-23,25,27H,10-11,16-21,31H2,1-6H3,(H,32,36)/t23-,25+,27?/m1/s1. The van der Waals surface area contributed by atoms with E-state index in [1.54, 1.807) is 6.92 Å². The maximum absolute atomic E-state index is 13.8. The van der Waals surface area contributed by atoms with Crippen molar-refractivity contribution >= 4 is 23.8 Å². The second kappa shape index (κ2) is 15.7. The predicted molar refractivity (Wildman–Crippen MR) is 152 cm³/mol. The zero-order valence-corrected chi connectivity index (χ0v) is 24.5. The van der Waals surface area contributed by atoms with E-state index in [1.165, 1.54) is 10.0 Å². The molecule has 9 heteroatoms. The number of amides is 3. The maximum Gasteiger partial charge on any atom is 0.268 e. The van der Waals surface area contributed by atoms with E-state index in [-0.39, 0.29) is 36.6 Å². The number of benzene rings is 1. The van der Waals surface area contributed by atoms with Crippen molar-refractivity contribution in [1.82, 2.24) is 15.5 Å². The van der Waals surface area contributed by atoms with Crippen LogP contribution in [0.25, 0.3) is 6.08 Å². The van der Waals surface area contributed by atoms with E-state index in [0.29, 0.717) is 19.4 Å². The highest BCUT2D eigenvalue weighted by molar-refractivity contribution is 5.90. The van der Waals surface area contributed by atoms with Gasteiger partial charge in [-0.1, -0.05) is 77.1 Å². The number of nitrogens with one attached hydrogen (secondary N) is 1. The van der Waals surface area contributed by atoms with Crippen LogP contribution in [0.4, 0.5) is 0 Å². The number of carbonyl (C=O) groups is 3. The van der Waals surface area contributed by atoms with E-state index in [9.17, 15) is 14.4 Å². The van der Waals surface area contributed by atoms with Gasteiger partial charge in [0.15, 0.2) is 6.29 Å². The van der Waals surface area contributed by atoms with Gasteiger partial charge in [-0.2, -0.15) is 0 Å². The molecule has 3 amide bonds. The van der Waals surface area contributed by atoms with E-state index in [1.807, 2.05) is 77.1 Å².